The number of rotatable bonds is 15. The van der Waals surface area contributed by atoms with Crippen molar-refractivity contribution in [1.29, 1.82) is 0 Å². The average molecular weight is 423 g/mol. The normalized spacial score (nSPS) is 25.0. The molecule has 2 aliphatic rings. The Labute approximate surface area is 180 Å². The molecule has 0 radical (unpaired) electrons. The van der Waals surface area contributed by atoms with Crippen molar-refractivity contribution in [3.8, 4) is 0 Å². The Morgan fingerprint density at radius 2 is 1.77 bits per heavy atom. The number of ketones is 1. The molecule has 3 N–H and O–H groups in total. The molecule has 2 fully saturated rings. The second-order valence-electron chi connectivity index (χ2n) is 8.47. The molecule has 2 amide bonds. The fraction of sp³-hybridized carbons (Fsp3) is 0.783. The molecular formula is C23H38N2O5. The molecule has 0 aromatic rings. The van der Waals surface area contributed by atoms with Crippen LogP contribution in [0.5, 0.6) is 0 Å². The summed E-state index contributed by atoms with van der Waals surface area (Å²) in [5, 5.41) is 14.4. The van der Waals surface area contributed by atoms with Crippen molar-refractivity contribution in [2.75, 3.05) is 19.7 Å². The third kappa shape index (κ3) is 8.19. The van der Waals surface area contributed by atoms with Gasteiger partial charge in [0.25, 0.3) is 0 Å². The molecule has 2 saturated heterocycles. The monoisotopic (exact) mass is 422 g/mol. The molecule has 0 spiro atoms. The lowest BCUT2D eigenvalue weighted by Gasteiger charge is -2.28. The van der Waals surface area contributed by atoms with Crippen LogP contribution in [0.4, 0.5) is 0 Å². The first kappa shape index (κ1) is 24.5. The van der Waals surface area contributed by atoms with E-state index < -0.39 is 6.61 Å². The van der Waals surface area contributed by atoms with Gasteiger partial charge in [0.1, 0.15) is 6.61 Å². The van der Waals surface area contributed by atoms with E-state index in [1.807, 2.05) is 6.08 Å². The summed E-state index contributed by atoms with van der Waals surface area (Å²) in [6.07, 6.45) is 13.3. The van der Waals surface area contributed by atoms with E-state index in [0.29, 0.717) is 30.9 Å². The van der Waals surface area contributed by atoms with Crippen LogP contribution in [0.2, 0.25) is 0 Å². The lowest BCUT2D eigenvalue weighted by atomic mass is 9.76. The van der Waals surface area contributed by atoms with Crippen molar-refractivity contribution in [2.45, 2.75) is 83.3 Å². The first-order valence-corrected chi connectivity index (χ1v) is 11.5. The van der Waals surface area contributed by atoms with Crippen molar-refractivity contribution in [1.82, 2.24) is 10.6 Å². The van der Waals surface area contributed by atoms with Crippen molar-refractivity contribution < 1.29 is 24.2 Å². The topological polar surface area (TPSA) is 105 Å². The van der Waals surface area contributed by atoms with Crippen LogP contribution < -0.4 is 10.6 Å². The van der Waals surface area contributed by atoms with E-state index in [4.69, 9.17) is 9.84 Å². The Hall–Kier alpha value is -1.73. The van der Waals surface area contributed by atoms with Gasteiger partial charge in [-0.05, 0) is 50.5 Å². The number of carbonyl (C=O) groups is 3. The smallest absolute Gasteiger partial charge is 0.239 e. The molecule has 0 aromatic carbocycles. The highest BCUT2D eigenvalue weighted by atomic mass is 16.5. The number of nitrogens with one attached hydrogen (secondary N) is 2. The van der Waals surface area contributed by atoms with Crippen molar-refractivity contribution >= 4 is 17.6 Å². The fourth-order valence-electron chi connectivity index (χ4n) is 4.56. The molecule has 30 heavy (non-hydrogen) atoms. The Morgan fingerprint density at radius 1 is 1.00 bits per heavy atom. The van der Waals surface area contributed by atoms with Gasteiger partial charge in [0.2, 0.25) is 11.8 Å². The summed E-state index contributed by atoms with van der Waals surface area (Å²) in [4.78, 5) is 34.9. The highest BCUT2D eigenvalue weighted by Gasteiger charge is 2.48. The van der Waals surface area contributed by atoms with Crippen molar-refractivity contribution in [3.63, 3.8) is 0 Å². The van der Waals surface area contributed by atoms with Crippen LogP contribution in [0.25, 0.3) is 0 Å². The van der Waals surface area contributed by atoms with Gasteiger partial charge in [0.15, 0.2) is 5.78 Å². The Bertz CT molecular complexity index is 592. The first-order valence-electron chi connectivity index (χ1n) is 11.5. The number of hydrogen-bond donors (Lipinski definition) is 3. The Kier molecular flexibility index (Phi) is 11.1. The molecule has 0 aliphatic carbocycles. The summed E-state index contributed by atoms with van der Waals surface area (Å²) in [7, 11) is 0. The van der Waals surface area contributed by atoms with E-state index >= 15 is 0 Å². The number of fused-ring (bicyclic) bond motifs is 2. The van der Waals surface area contributed by atoms with Crippen LogP contribution in [-0.2, 0) is 19.1 Å². The van der Waals surface area contributed by atoms with Gasteiger partial charge in [0, 0.05) is 18.9 Å². The molecule has 4 atom stereocenters. The van der Waals surface area contributed by atoms with E-state index in [2.05, 4.69) is 17.6 Å². The summed E-state index contributed by atoms with van der Waals surface area (Å²) >= 11 is 0. The third-order valence-electron chi connectivity index (χ3n) is 6.20. The SMILES string of the molecule is CCCCCC(=O)NCC(=O)NC[C@@H]1[C@H](CCCCC=CC(=O)CO)[C@@H]2CC[C@H]1O2. The fourth-order valence-corrected chi connectivity index (χ4v) is 4.56. The number of aliphatic hydroxyl groups is 1. The molecule has 7 heteroatoms. The van der Waals surface area contributed by atoms with Gasteiger partial charge < -0.3 is 20.5 Å². The number of hydrogen-bond acceptors (Lipinski definition) is 5. The number of amides is 2. The molecule has 2 aliphatic heterocycles. The van der Waals surface area contributed by atoms with Crippen molar-refractivity contribution in [2.24, 2.45) is 11.8 Å². The third-order valence-corrected chi connectivity index (χ3v) is 6.20. The summed E-state index contributed by atoms with van der Waals surface area (Å²) < 4.78 is 6.10. The minimum atomic E-state index is -0.436. The Morgan fingerprint density at radius 3 is 2.50 bits per heavy atom. The number of unbranched alkanes of at least 4 members (excludes halogenated alkanes) is 4. The average Bonchev–Trinajstić information content (AvgIpc) is 3.35. The number of allylic oxidation sites excluding steroid dienone is 1. The zero-order valence-corrected chi connectivity index (χ0v) is 18.2. The van der Waals surface area contributed by atoms with Crippen LogP contribution in [0.1, 0.15) is 71.1 Å². The van der Waals surface area contributed by atoms with Crippen LogP contribution in [0.15, 0.2) is 12.2 Å². The molecule has 0 aromatic heterocycles. The van der Waals surface area contributed by atoms with Crippen molar-refractivity contribution in [3.05, 3.63) is 12.2 Å². The first-order chi connectivity index (χ1) is 14.5. The van der Waals surface area contributed by atoms with Gasteiger partial charge in [-0.15, -0.1) is 0 Å². The highest BCUT2D eigenvalue weighted by Crippen LogP contribution is 2.45. The molecule has 2 rings (SSSR count). The molecule has 2 heterocycles. The van der Waals surface area contributed by atoms with E-state index in [0.717, 1.165) is 57.8 Å². The number of carbonyl (C=O) groups excluding carboxylic acids is 3. The van der Waals surface area contributed by atoms with Gasteiger partial charge in [-0.2, -0.15) is 0 Å². The number of aliphatic hydroxyl groups excluding tert-OH is 1. The minimum Gasteiger partial charge on any atom is -0.388 e. The second-order valence-corrected chi connectivity index (χ2v) is 8.47. The molecule has 170 valence electrons. The van der Waals surface area contributed by atoms with Crippen LogP contribution in [0.3, 0.4) is 0 Å². The molecule has 2 bridgehead atoms. The maximum Gasteiger partial charge on any atom is 0.239 e. The summed E-state index contributed by atoms with van der Waals surface area (Å²) in [5.41, 5.74) is 0. The van der Waals surface area contributed by atoms with Crippen LogP contribution in [0, 0.1) is 11.8 Å². The second kappa shape index (κ2) is 13.5. The molecule has 0 unspecified atom stereocenters. The largest absolute Gasteiger partial charge is 0.388 e. The Balaban J connectivity index is 1.65. The molecule has 0 saturated carbocycles. The van der Waals surface area contributed by atoms with Crippen LogP contribution >= 0.6 is 0 Å². The highest BCUT2D eigenvalue weighted by molar-refractivity contribution is 5.90. The van der Waals surface area contributed by atoms with E-state index in [9.17, 15) is 14.4 Å². The van der Waals surface area contributed by atoms with Gasteiger partial charge in [-0.1, -0.05) is 32.3 Å². The van der Waals surface area contributed by atoms with E-state index in [1.54, 1.807) is 0 Å². The zero-order valence-electron chi connectivity index (χ0n) is 18.2. The predicted molar refractivity (Wildman–Crippen MR) is 115 cm³/mol. The maximum atomic E-state index is 12.1. The quantitative estimate of drug-likeness (QED) is 0.277. The van der Waals surface area contributed by atoms with E-state index in [-0.39, 0.29) is 30.2 Å². The van der Waals surface area contributed by atoms with Gasteiger partial charge in [-0.25, -0.2) is 0 Å². The lowest BCUT2D eigenvalue weighted by molar-refractivity contribution is -0.126. The standard InChI is InChI=1S/C23H38N2O5/c1-2-3-6-11-22(28)25-15-23(29)24-14-19-18(20-12-13-21(19)30-20)10-8-5-4-7-9-17(27)16-26/h7,9,18-21,26H,2-6,8,10-16H2,1H3,(H,24,29)(H,25,28)/t18-,19+,20-,21+/m0/s1. The van der Waals surface area contributed by atoms with Gasteiger partial charge in [0.05, 0.1) is 18.8 Å². The summed E-state index contributed by atoms with van der Waals surface area (Å²) in [6.45, 7) is 2.29. The van der Waals surface area contributed by atoms with Gasteiger partial charge >= 0.3 is 0 Å². The zero-order chi connectivity index (χ0) is 21.8. The van der Waals surface area contributed by atoms with Gasteiger partial charge in [-0.3, -0.25) is 14.4 Å². The van der Waals surface area contributed by atoms with Crippen LogP contribution in [-0.4, -0.2) is 54.6 Å². The predicted octanol–water partition coefficient (Wildman–Crippen LogP) is 2.27. The number of ether oxygens (including phenoxy) is 1. The van der Waals surface area contributed by atoms with E-state index in [1.165, 1.54) is 6.08 Å². The summed E-state index contributed by atoms with van der Waals surface area (Å²) in [5.74, 6) is 0.327. The maximum absolute atomic E-state index is 12.1. The molecular weight excluding hydrogens is 384 g/mol. The molecule has 7 nitrogen and oxygen atoms in total. The minimum absolute atomic E-state index is 0.0379. The lowest BCUT2D eigenvalue weighted by Crippen LogP contribution is -2.42. The summed E-state index contributed by atoms with van der Waals surface area (Å²) in [6, 6.07) is 0.